The van der Waals surface area contributed by atoms with Gasteiger partial charge in [0.15, 0.2) is 5.82 Å². The van der Waals surface area contributed by atoms with Gasteiger partial charge in [-0.25, -0.2) is 9.07 Å². The van der Waals surface area contributed by atoms with Crippen LogP contribution in [0.4, 0.5) is 4.39 Å². The highest BCUT2D eigenvalue weighted by Gasteiger charge is 2.30. The molecule has 1 amide bonds. The van der Waals surface area contributed by atoms with E-state index in [9.17, 15) is 9.18 Å². The quantitative estimate of drug-likeness (QED) is 0.498. The van der Waals surface area contributed by atoms with Crippen LogP contribution in [0.2, 0.25) is 0 Å². The molecule has 0 saturated carbocycles. The summed E-state index contributed by atoms with van der Waals surface area (Å²) in [6, 6.07) is 15.9. The minimum absolute atomic E-state index is 0.0711. The van der Waals surface area contributed by atoms with Crippen LogP contribution in [0.15, 0.2) is 59.8 Å². The van der Waals surface area contributed by atoms with Gasteiger partial charge in [-0.15, -0.1) is 10.2 Å². The van der Waals surface area contributed by atoms with Crippen LogP contribution >= 0.6 is 11.8 Å². The van der Waals surface area contributed by atoms with Gasteiger partial charge in [-0.1, -0.05) is 54.2 Å². The fourth-order valence-electron chi connectivity index (χ4n) is 3.39. The van der Waals surface area contributed by atoms with Crippen LogP contribution in [0, 0.1) is 5.82 Å². The van der Waals surface area contributed by atoms with E-state index in [4.69, 9.17) is 5.84 Å². The molecule has 29 heavy (non-hydrogen) atoms. The van der Waals surface area contributed by atoms with Crippen molar-refractivity contribution in [1.82, 2.24) is 19.8 Å². The molecule has 0 spiro atoms. The molecule has 3 aromatic rings. The SMILES string of the molecule is Nn1c(Cc2ccc(F)cc2)nnc1S[C@H](C(=O)N1CCCC1)c1ccccc1. The molecule has 1 atom stereocenters. The van der Waals surface area contributed by atoms with Crippen molar-refractivity contribution >= 4 is 17.7 Å². The summed E-state index contributed by atoms with van der Waals surface area (Å²) in [7, 11) is 0. The van der Waals surface area contributed by atoms with Crippen molar-refractivity contribution in [2.75, 3.05) is 18.9 Å². The average Bonchev–Trinajstić information content (AvgIpc) is 3.39. The molecular formula is C21H22FN5OS. The Hall–Kier alpha value is -2.87. The van der Waals surface area contributed by atoms with Crippen molar-refractivity contribution in [3.05, 3.63) is 77.4 Å². The number of thioether (sulfide) groups is 1. The number of amides is 1. The van der Waals surface area contributed by atoms with Gasteiger partial charge in [0.2, 0.25) is 11.1 Å². The van der Waals surface area contributed by atoms with Crippen LogP contribution in [0.5, 0.6) is 0 Å². The summed E-state index contributed by atoms with van der Waals surface area (Å²) in [5, 5.41) is 8.44. The van der Waals surface area contributed by atoms with Gasteiger partial charge in [-0.2, -0.15) is 0 Å². The van der Waals surface area contributed by atoms with E-state index in [1.165, 1.54) is 28.6 Å². The lowest BCUT2D eigenvalue weighted by atomic mass is 10.1. The molecular weight excluding hydrogens is 389 g/mol. The number of likely N-dealkylation sites (tertiary alicyclic amines) is 1. The highest BCUT2D eigenvalue weighted by atomic mass is 32.2. The topological polar surface area (TPSA) is 77.0 Å². The van der Waals surface area contributed by atoms with Crippen molar-refractivity contribution in [3.8, 4) is 0 Å². The van der Waals surface area contributed by atoms with E-state index < -0.39 is 5.25 Å². The number of hydrogen-bond acceptors (Lipinski definition) is 5. The third-order valence-electron chi connectivity index (χ3n) is 4.98. The van der Waals surface area contributed by atoms with Gasteiger partial charge in [0, 0.05) is 19.5 Å². The van der Waals surface area contributed by atoms with Crippen LogP contribution in [0.25, 0.3) is 0 Å². The summed E-state index contributed by atoms with van der Waals surface area (Å²) >= 11 is 1.31. The normalized spacial score (nSPS) is 14.9. The number of rotatable bonds is 6. The predicted octanol–water partition coefficient (Wildman–Crippen LogP) is 3.18. The van der Waals surface area contributed by atoms with E-state index in [0.29, 0.717) is 17.4 Å². The maximum absolute atomic E-state index is 13.2. The largest absolute Gasteiger partial charge is 0.341 e. The Morgan fingerprint density at radius 2 is 1.76 bits per heavy atom. The Morgan fingerprint density at radius 3 is 2.45 bits per heavy atom. The summed E-state index contributed by atoms with van der Waals surface area (Å²) < 4.78 is 14.5. The zero-order valence-electron chi connectivity index (χ0n) is 15.9. The second-order valence-electron chi connectivity index (χ2n) is 7.01. The zero-order valence-corrected chi connectivity index (χ0v) is 16.7. The molecule has 0 unspecified atom stereocenters. The van der Waals surface area contributed by atoms with Crippen molar-refractivity contribution in [1.29, 1.82) is 0 Å². The highest BCUT2D eigenvalue weighted by molar-refractivity contribution is 8.00. The number of aromatic nitrogens is 3. The van der Waals surface area contributed by atoms with Gasteiger partial charge in [0.25, 0.3) is 0 Å². The predicted molar refractivity (Wildman–Crippen MR) is 110 cm³/mol. The van der Waals surface area contributed by atoms with Gasteiger partial charge >= 0.3 is 0 Å². The molecule has 8 heteroatoms. The molecule has 1 fully saturated rings. The Kier molecular flexibility index (Phi) is 5.80. The van der Waals surface area contributed by atoms with Crippen LogP contribution < -0.4 is 5.84 Å². The molecule has 0 bridgehead atoms. The van der Waals surface area contributed by atoms with E-state index in [-0.39, 0.29) is 11.7 Å². The molecule has 0 radical (unpaired) electrons. The number of hydrogen-bond donors (Lipinski definition) is 1. The van der Waals surface area contributed by atoms with Crippen LogP contribution in [-0.4, -0.2) is 38.8 Å². The summed E-state index contributed by atoms with van der Waals surface area (Å²) in [5.74, 6) is 6.57. The fraction of sp³-hybridized carbons (Fsp3) is 0.286. The minimum atomic E-state index is -0.431. The molecule has 6 nitrogen and oxygen atoms in total. The first kappa shape index (κ1) is 19.4. The molecule has 1 aliphatic heterocycles. The van der Waals surface area contributed by atoms with E-state index in [1.54, 1.807) is 12.1 Å². The minimum Gasteiger partial charge on any atom is -0.341 e. The van der Waals surface area contributed by atoms with E-state index >= 15 is 0 Å². The Bertz CT molecular complexity index is 970. The van der Waals surface area contributed by atoms with Crippen LogP contribution in [-0.2, 0) is 11.2 Å². The monoisotopic (exact) mass is 411 g/mol. The van der Waals surface area contributed by atoms with Gasteiger partial charge in [-0.3, -0.25) is 4.79 Å². The van der Waals surface area contributed by atoms with Crippen molar-refractivity contribution in [2.24, 2.45) is 0 Å². The Morgan fingerprint density at radius 1 is 1.07 bits per heavy atom. The first-order valence-corrected chi connectivity index (χ1v) is 10.4. The van der Waals surface area contributed by atoms with Crippen molar-refractivity contribution in [2.45, 2.75) is 29.7 Å². The fourth-order valence-corrected chi connectivity index (χ4v) is 4.45. The number of nitrogens with zero attached hydrogens (tertiary/aromatic N) is 4. The first-order chi connectivity index (χ1) is 14.1. The van der Waals surface area contributed by atoms with Gasteiger partial charge in [0.05, 0.1) is 0 Å². The number of carbonyl (C=O) groups excluding carboxylic acids is 1. The summed E-state index contributed by atoms with van der Waals surface area (Å²) in [4.78, 5) is 15.1. The summed E-state index contributed by atoms with van der Waals surface area (Å²) in [6.45, 7) is 1.57. The Balaban J connectivity index is 1.56. The molecule has 1 saturated heterocycles. The number of benzene rings is 2. The smallest absolute Gasteiger partial charge is 0.240 e. The van der Waals surface area contributed by atoms with Gasteiger partial charge in [0.1, 0.15) is 11.1 Å². The summed E-state index contributed by atoms with van der Waals surface area (Å²) in [6.07, 6.45) is 2.50. The third-order valence-corrected chi connectivity index (χ3v) is 6.18. The third kappa shape index (κ3) is 4.42. The number of carbonyl (C=O) groups is 1. The second-order valence-corrected chi connectivity index (χ2v) is 8.09. The molecule has 2 aromatic carbocycles. The maximum atomic E-state index is 13.2. The lowest BCUT2D eigenvalue weighted by Crippen LogP contribution is -2.31. The van der Waals surface area contributed by atoms with E-state index in [0.717, 1.165) is 37.1 Å². The first-order valence-electron chi connectivity index (χ1n) is 9.56. The zero-order chi connectivity index (χ0) is 20.2. The van der Waals surface area contributed by atoms with Crippen LogP contribution in [0.3, 0.4) is 0 Å². The molecule has 1 aliphatic rings. The van der Waals surface area contributed by atoms with E-state index in [1.807, 2.05) is 35.2 Å². The molecule has 1 aromatic heterocycles. The van der Waals surface area contributed by atoms with Gasteiger partial charge < -0.3 is 10.7 Å². The number of nitrogens with two attached hydrogens (primary N) is 1. The number of halogens is 1. The Labute approximate surface area is 172 Å². The molecule has 2 N–H and O–H groups in total. The van der Waals surface area contributed by atoms with E-state index in [2.05, 4.69) is 10.2 Å². The number of nitrogen functional groups attached to an aromatic ring is 1. The van der Waals surface area contributed by atoms with Gasteiger partial charge in [-0.05, 0) is 36.1 Å². The highest BCUT2D eigenvalue weighted by Crippen LogP contribution is 2.36. The maximum Gasteiger partial charge on any atom is 0.240 e. The molecule has 150 valence electrons. The van der Waals surface area contributed by atoms with Crippen molar-refractivity contribution < 1.29 is 9.18 Å². The van der Waals surface area contributed by atoms with Crippen LogP contribution in [0.1, 0.15) is 35.0 Å². The summed E-state index contributed by atoms with van der Waals surface area (Å²) in [5.41, 5.74) is 1.80. The second kappa shape index (κ2) is 8.65. The molecule has 2 heterocycles. The van der Waals surface area contributed by atoms with Crippen molar-refractivity contribution in [3.63, 3.8) is 0 Å². The lowest BCUT2D eigenvalue weighted by molar-refractivity contribution is -0.129. The standard InChI is InChI=1S/C21H22FN5OS/c22-17-10-8-15(9-11-17)14-18-24-25-21(27(18)23)29-19(16-6-2-1-3-7-16)20(28)26-12-4-5-13-26/h1-3,6-11,19H,4-5,12-14,23H2/t19-/m0/s1. The average molecular weight is 412 g/mol. The lowest BCUT2D eigenvalue weighted by Gasteiger charge is -2.22. The molecule has 0 aliphatic carbocycles. The molecule has 4 rings (SSSR count).